The van der Waals surface area contributed by atoms with Gasteiger partial charge in [0, 0.05) is 21.9 Å². The molecule has 1 heteroatoms. The van der Waals surface area contributed by atoms with Crippen molar-refractivity contribution in [3.05, 3.63) is 243 Å². The maximum Gasteiger partial charge on any atom is 0.143 e. The van der Waals surface area contributed by atoms with Gasteiger partial charge in [-0.3, -0.25) is 0 Å². The summed E-state index contributed by atoms with van der Waals surface area (Å²) in [5.41, 5.74) is 20.7. The molecular formula is C60H40O. The summed E-state index contributed by atoms with van der Waals surface area (Å²) >= 11 is 0. The zero-order valence-corrected chi connectivity index (χ0v) is 33.5. The van der Waals surface area contributed by atoms with E-state index in [1.165, 1.54) is 66.8 Å². The minimum Gasteiger partial charge on any atom is -0.455 e. The summed E-state index contributed by atoms with van der Waals surface area (Å²) in [5.74, 6) is 0. The second-order valence-electron chi connectivity index (χ2n) is 15.7. The molecule has 0 unspecified atom stereocenters. The van der Waals surface area contributed by atoms with E-state index in [9.17, 15) is 0 Å². The quantitative estimate of drug-likeness (QED) is 0.150. The highest BCUT2D eigenvalue weighted by Gasteiger charge is 2.16. The third-order valence-corrected chi connectivity index (χ3v) is 11.9. The van der Waals surface area contributed by atoms with Crippen LogP contribution in [-0.4, -0.2) is 0 Å². The van der Waals surface area contributed by atoms with E-state index in [1.54, 1.807) is 0 Å². The Hall–Kier alpha value is -8.00. The van der Waals surface area contributed by atoms with Crippen molar-refractivity contribution in [1.82, 2.24) is 0 Å². The molecule has 11 rings (SSSR count). The zero-order valence-electron chi connectivity index (χ0n) is 33.5. The molecule has 0 aliphatic carbocycles. The van der Waals surface area contributed by atoms with Crippen LogP contribution in [0, 0.1) is 0 Å². The lowest BCUT2D eigenvalue weighted by molar-refractivity contribution is 0.671. The third-order valence-electron chi connectivity index (χ3n) is 11.9. The summed E-state index contributed by atoms with van der Waals surface area (Å²) in [6, 6.07) is 87.1. The van der Waals surface area contributed by atoms with Crippen molar-refractivity contribution in [2.45, 2.75) is 0 Å². The Morgan fingerprint density at radius 2 is 0.426 bits per heavy atom. The number of furan rings is 1. The normalized spacial score (nSPS) is 11.3. The molecule has 11 aromatic rings. The van der Waals surface area contributed by atoms with Gasteiger partial charge in [0.25, 0.3) is 0 Å². The van der Waals surface area contributed by atoms with E-state index < -0.39 is 0 Å². The molecule has 1 nitrogen and oxygen atoms in total. The Kier molecular flexibility index (Phi) is 9.26. The zero-order chi connectivity index (χ0) is 40.5. The van der Waals surface area contributed by atoms with E-state index in [1.807, 2.05) is 0 Å². The van der Waals surface area contributed by atoms with Crippen LogP contribution in [0.1, 0.15) is 0 Å². The summed E-state index contributed by atoms with van der Waals surface area (Å²) in [5, 5.41) is 2.24. The van der Waals surface area contributed by atoms with Crippen molar-refractivity contribution >= 4 is 21.9 Å². The summed E-state index contributed by atoms with van der Waals surface area (Å²) in [7, 11) is 0. The van der Waals surface area contributed by atoms with Gasteiger partial charge in [0.1, 0.15) is 11.2 Å². The van der Waals surface area contributed by atoms with Crippen LogP contribution in [0.25, 0.3) is 111 Å². The maximum absolute atomic E-state index is 6.87. The predicted molar refractivity (Wildman–Crippen MR) is 257 cm³/mol. The third kappa shape index (κ3) is 7.03. The molecular weight excluding hydrogens is 737 g/mol. The van der Waals surface area contributed by atoms with Crippen molar-refractivity contribution in [1.29, 1.82) is 0 Å². The molecule has 1 heterocycles. The number of hydrogen-bond donors (Lipinski definition) is 0. The Labute approximate surface area is 356 Å². The molecule has 0 atom stereocenters. The van der Waals surface area contributed by atoms with Crippen LogP contribution < -0.4 is 0 Å². The Morgan fingerprint density at radius 1 is 0.180 bits per heavy atom. The first-order valence-electron chi connectivity index (χ1n) is 20.9. The molecule has 0 spiro atoms. The van der Waals surface area contributed by atoms with Gasteiger partial charge < -0.3 is 4.42 Å². The van der Waals surface area contributed by atoms with Crippen molar-refractivity contribution < 1.29 is 4.42 Å². The van der Waals surface area contributed by atoms with Crippen LogP contribution >= 0.6 is 0 Å². The molecule has 0 fully saturated rings. The fraction of sp³-hybridized carbons (Fsp3) is 0. The van der Waals surface area contributed by atoms with Gasteiger partial charge in [-0.25, -0.2) is 0 Å². The van der Waals surface area contributed by atoms with Crippen molar-refractivity contribution in [3.63, 3.8) is 0 Å². The van der Waals surface area contributed by atoms with Crippen LogP contribution in [-0.2, 0) is 0 Å². The molecule has 0 N–H and O–H groups in total. The second kappa shape index (κ2) is 15.6. The summed E-state index contributed by atoms with van der Waals surface area (Å²) in [6.07, 6.45) is 0. The minimum absolute atomic E-state index is 0.905. The number of benzene rings is 10. The average molecular weight is 777 g/mol. The molecule has 10 aromatic carbocycles. The van der Waals surface area contributed by atoms with E-state index in [-0.39, 0.29) is 0 Å². The Balaban J connectivity index is 0.872. The molecule has 0 saturated heterocycles. The lowest BCUT2D eigenvalue weighted by Gasteiger charge is -2.10. The first kappa shape index (κ1) is 36.1. The standard InChI is InChI=1S/C60H40O/c1-3-13-41(14-4-1)47-17-7-21-51(37-47)53-23-9-19-49(39-53)43-29-33-45(34-30-43)55-25-11-27-57-58-28-12-26-56(60(58)61-59(55)57)46-35-31-44(32-36-46)50-20-10-24-54(40-50)52-22-8-18-48(38-52)42-15-5-2-6-16-42/h1-40H. The first-order chi connectivity index (χ1) is 30.2. The van der Waals surface area contributed by atoms with Crippen molar-refractivity contribution in [3.8, 4) is 89.0 Å². The average Bonchev–Trinajstić information content (AvgIpc) is 3.74. The summed E-state index contributed by atoms with van der Waals surface area (Å²) < 4.78 is 6.87. The van der Waals surface area contributed by atoms with E-state index in [2.05, 4.69) is 243 Å². The van der Waals surface area contributed by atoms with Crippen molar-refractivity contribution in [2.75, 3.05) is 0 Å². The van der Waals surface area contributed by atoms with Crippen LogP contribution in [0.3, 0.4) is 0 Å². The fourth-order valence-corrected chi connectivity index (χ4v) is 8.73. The molecule has 0 saturated carbocycles. The summed E-state index contributed by atoms with van der Waals surface area (Å²) in [4.78, 5) is 0. The van der Waals surface area contributed by atoms with E-state index in [0.717, 1.165) is 44.2 Å². The largest absolute Gasteiger partial charge is 0.455 e. The Morgan fingerprint density at radius 3 is 0.754 bits per heavy atom. The second-order valence-corrected chi connectivity index (χ2v) is 15.7. The molecule has 0 aliphatic rings. The number of para-hydroxylation sites is 2. The highest BCUT2D eigenvalue weighted by molar-refractivity contribution is 6.13. The fourth-order valence-electron chi connectivity index (χ4n) is 8.73. The maximum atomic E-state index is 6.87. The van der Waals surface area contributed by atoms with Gasteiger partial charge in [-0.15, -0.1) is 0 Å². The van der Waals surface area contributed by atoms with Gasteiger partial charge in [-0.1, -0.05) is 218 Å². The smallest absolute Gasteiger partial charge is 0.143 e. The van der Waals surface area contributed by atoms with E-state index in [4.69, 9.17) is 4.42 Å². The van der Waals surface area contributed by atoms with Crippen LogP contribution in [0.4, 0.5) is 0 Å². The molecule has 0 amide bonds. The lowest BCUT2D eigenvalue weighted by atomic mass is 9.95. The molecule has 0 aliphatic heterocycles. The molecule has 286 valence electrons. The predicted octanol–water partition coefficient (Wildman–Crippen LogP) is 16.9. The SMILES string of the molecule is c1ccc(-c2cccc(-c3cccc(-c4ccc(-c5cccc6c5oc5c(-c7ccc(-c8cccc(-c9cccc(-c%10ccccc%10)c9)c8)cc7)cccc56)cc4)c3)c2)cc1. The van der Waals surface area contributed by atoms with Crippen LogP contribution in [0.5, 0.6) is 0 Å². The molecule has 0 radical (unpaired) electrons. The lowest BCUT2D eigenvalue weighted by Crippen LogP contribution is -1.84. The first-order valence-corrected chi connectivity index (χ1v) is 20.9. The number of hydrogen-bond acceptors (Lipinski definition) is 1. The van der Waals surface area contributed by atoms with Gasteiger partial charge in [0.05, 0.1) is 0 Å². The monoisotopic (exact) mass is 776 g/mol. The molecule has 0 bridgehead atoms. The molecule has 61 heavy (non-hydrogen) atoms. The van der Waals surface area contributed by atoms with Gasteiger partial charge in [-0.05, 0) is 102 Å². The summed E-state index contributed by atoms with van der Waals surface area (Å²) in [6.45, 7) is 0. The van der Waals surface area contributed by atoms with Crippen LogP contribution in [0.15, 0.2) is 247 Å². The Bertz CT molecular complexity index is 3090. The number of rotatable bonds is 8. The van der Waals surface area contributed by atoms with E-state index >= 15 is 0 Å². The van der Waals surface area contributed by atoms with Crippen molar-refractivity contribution in [2.24, 2.45) is 0 Å². The molecule has 1 aromatic heterocycles. The van der Waals surface area contributed by atoms with Crippen LogP contribution in [0.2, 0.25) is 0 Å². The minimum atomic E-state index is 0.905. The van der Waals surface area contributed by atoms with E-state index in [0.29, 0.717) is 0 Å². The highest BCUT2D eigenvalue weighted by Crippen LogP contribution is 2.41. The van der Waals surface area contributed by atoms with Gasteiger partial charge >= 0.3 is 0 Å². The topological polar surface area (TPSA) is 13.1 Å². The van der Waals surface area contributed by atoms with Gasteiger partial charge in [-0.2, -0.15) is 0 Å². The highest BCUT2D eigenvalue weighted by atomic mass is 16.3. The van der Waals surface area contributed by atoms with Gasteiger partial charge in [0.2, 0.25) is 0 Å². The van der Waals surface area contributed by atoms with Gasteiger partial charge in [0.15, 0.2) is 0 Å². The number of fused-ring (bicyclic) bond motifs is 3.